The Kier molecular flexibility index (Phi) is 7.84. The molecule has 0 bridgehead atoms. The third-order valence-corrected chi connectivity index (χ3v) is 8.55. The van der Waals surface area contributed by atoms with Gasteiger partial charge in [0.2, 0.25) is 0 Å². The van der Waals surface area contributed by atoms with Crippen LogP contribution < -0.4 is 16.0 Å². The largest absolute Gasteiger partial charge is 0.409 e. The zero-order valence-electron chi connectivity index (χ0n) is 24.4. The lowest BCUT2D eigenvalue weighted by molar-refractivity contribution is 0.0949. The van der Waals surface area contributed by atoms with Crippen molar-refractivity contribution in [2.24, 2.45) is 16.8 Å². The Labute approximate surface area is 249 Å². The highest BCUT2D eigenvalue weighted by Gasteiger charge is 2.30. The lowest BCUT2D eigenvalue weighted by Gasteiger charge is -2.19. The zero-order valence-corrected chi connectivity index (χ0v) is 24.4. The van der Waals surface area contributed by atoms with E-state index in [1.54, 1.807) is 16.6 Å². The minimum absolute atomic E-state index is 0.0669. The van der Waals surface area contributed by atoms with Gasteiger partial charge in [-0.2, -0.15) is 5.10 Å². The molecule has 1 aliphatic carbocycles. The highest BCUT2D eigenvalue weighted by molar-refractivity contribution is 5.93. The molecular formula is C33H36FN7O2. The van der Waals surface area contributed by atoms with Crippen LogP contribution in [0.25, 0.3) is 22.5 Å². The number of anilines is 1. The van der Waals surface area contributed by atoms with Crippen molar-refractivity contribution in [2.75, 3.05) is 24.5 Å². The number of amidine groups is 1. The number of nitrogens with two attached hydrogens (primary N) is 1. The van der Waals surface area contributed by atoms with Crippen LogP contribution in [0.5, 0.6) is 0 Å². The molecule has 1 aliphatic heterocycles. The van der Waals surface area contributed by atoms with Crippen molar-refractivity contribution in [1.29, 1.82) is 0 Å². The van der Waals surface area contributed by atoms with Crippen LogP contribution in [0, 0.1) is 11.7 Å². The van der Waals surface area contributed by atoms with Crippen molar-refractivity contribution in [3.8, 4) is 11.3 Å². The number of allylic oxidation sites excluding steroid dienone is 2. The molecule has 0 radical (unpaired) electrons. The van der Waals surface area contributed by atoms with E-state index in [9.17, 15) is 4.79 Å². The molecule has 0 unspecified atom stereocenters. The van der Waals surface area contributed by atoms with Gasteiger partial charge in [0.15, 0.2) is 5.65 Å². The Morgan fingerprint density at radius 3 is 2.74 bits per heavy atom. The Balaban J connectivity index is 1.21. The number of oxime groups is 1. The van der Waals surface area contributed by atoms with E-state index in [-0.39, 0.29) is 17.7 Å². The van der Waals surface area contributed by atoms with Crippen molar-refractivity contribution >= 4 is 28.7 Å². The Bertz CT molecular complexity index is 1740. The van der Waals surface area contributed by atoms with E-state index >= 15 is 4.39 Å². The summed E-state index contributed by atoms with van der Waals surface area (Å²) in [5.74, 6) is -0.208. The van der Waals surface area contributed by atoms with E-state index in [1.807, 2.05) is 36.1 Å². The first-order chi connectivity index (χ1) is 20.9. The smallest absolute Gasteiger partial charge is 0.270 e. The second-order valence-corrected chi connectivity index (χ2v) is 11.4. The molecule has 3 heterocycles. The van der Waals surface area contributed by atoms with Gasteiger partial charge in [0.25, 0.3) is 5.91 Å². The van der Waals surface area contributed by atoms with Crippen LogP contribution in [0.3, 0.4) is 0 Å². The maximum Gasteiger partial charge on any atom is 0.270 e. The predicted octanol–water partition coefficient (Wildman–Crippen LogP) is 5.38. The van der Waals surface area contributed by atoms with Gasteiger partial charge >= 0.3 is 0 Å². The van der Waals surface area contributed by atoms with Crippen molar-refractivity contribution in [3.63, 3.8) is 0 Å². The SMILES string of the molecule is C/C=C(/C)c1ccccc1CCNC(=O)c1cc(C2CC2)n2nc(-c3ccc(N4CC[C@H](/C(N)=N/O)C4)cc3F)cc2n1. The summed E-state index contributed by atoms with van der Waals surface area (Å²) < 4.78 is 17.2. The summed E-state index contributed by atoms with van der Waals surface area (Å²) in [5, 5.41) is 19.9. The van der Waals surface area contributed by atoms with E-state index in [0.717, 1.165) is 30.6 Å². The summed E-state index contributed by atoms with van der Waals surface area (Å²) in [5.41, 5.74) is 12.7. The van der Waals surface area contributed by atoms with Gasteiger partial charge in [-0.3, -0.25) is 4.79 Å². The molecule has 1 amide bonds. The number of rotatable bonds is 9. The molecule has 43 heavy (non-hydrogen) atoms. The normalized spacial score (nSPS) is 17.6. The summed E-state index contributed by atoms with van der Waals surface area (Å²) in [6, 6.07) is 16.9. The van der Waals surface area contributed by atoms with Gasteiger partial charge in [0.1, 0.15) is 17.3 Å². The zero-order chi connectivity index (χ0) is 30.1. The number of amides is 1. The molecule has 2 aromatic heterocycles. The van der Waals surface area contributed by atoms with Crippen LogP contribution in [0.1, 0.15) is 66.3 Å². The molecule has 1 atom stereocenters. The van der Waals surface area contributed by atoms with Gasteiger partial charge in [-0.05, 0) is 80.5 Å². The first-order valence-corrected chi connectivity index (χ1v) is 14.8. The Hall–Kier alpha value is -4.73. The summed E-state index contributed by atoms with van der Waals surface area (Å²) in [6.07, 6.45) is 5.56. The first kappa shape index (κ1) is 28.4. The summed E-state index contributed by atoms with van der Waals surface area (Å²) >= 11 is 0. The number of hydrogen-bond donors (Lipinski definition) is 3. The molecule has 1 saturated heterocycles. The second kappa shape index (κ2) is 11.9. The molecular weight excluding hydrogens is 545 g/mol. The summed E-state index contributed by atoms with van der Waals surface area (Å²) in [6.45, 7) is 5.85. The number of carbonyl (C=O) groups is 1. The lowest BCUT2D eigenvalue weighted by Crippen LogP contribution is -2.27. The molecule has 222 valence electrons. The van der Waals surface area contributed by atoms with Crippen LogP contribution in [0.2, 0.25) is 0 Å². The van der Waals surface area contributed by atoms with Crippen LogP contribution in [-0.4, -0.2) is 51.2 Å². The topological polar surface area (TPSA) is 121 Å². The number of fused-ring (bicyclic) bond motifs is 1. The van der Waals surface area contributed by atoms with Gasteiger partial charge in [-0.25, -0.2) is 13.9 Å². The molecule has 4 N–H and O–H groups in total. The van der Waals surface area contributed by atoms with Crippen molar-refractivity contribution in [3.05, 3.63) is 89.0 Å². The number of hydrogen-bond acceptors (Lipinski definition) is 6. The minimum atomic E-state index is -0.396. The van der Waals surface area contributed by atoms with Crippen LogP contribution in [0.15, 0.2) is 65.8 Å². The standard InChI is InChI=1S/C33H36FN7O2/c1-3-20(2)25-7-5-4-6-21(25)12-14-36-33(42)29-17-30(22-8-9-22)41-31(37-29)18-28(38-41)26-11-10-24(16-27(26)34)40-15-13-23(19-40)32(35)39-43/h3-7,10-11,16-18,22-23,43H,8-9,12-15,19H2,1-2H3,(H2,35,39)(H,36,42)/b20-3-/t23-/m0/s1. The number of nitrogens with one attached hydrogen (secondary N) is 1. The average molecular weight is 582 g/mol. The van der Waals surface area contributed by atoms with E-state index in [0.29, 0.717) is 54.6 Å². The molecule has 2 aromatic carbocycles. The maximum atomic E-state index is 15.4. The molecule has 2 aliphatic rings. The minimum Gasteiger partial charge on any atom is -0.409 e. The molecule has 2 fully saturated rings. The number of nitrogens with zero attached hydrogens (tertiary/aromatic N) is 5. The average Bonchev–Trinajstić information content (AvgIpc) is 3.58. The van der Waals surface area contributed by atoms with Crippen molar-refractivity contribution < 1.29 is 14.4 Å². The van der Waals surface area contributed by atoms with Crippen LogP contribution in [0.4, 0.5) is 10.1 Å². The number of benzene rings is 2. The highest BCUT2D eigenvalue weighted by Crippen LogP contribution is 2.40. The van der Waals surface area contributed by atoms with E-state index in [2.05, 4.69) is 40.6 Å². The van der Waals surface area contributed by atoms with Gasteiger partial charge in [0, 0.05) is 54.5 Å². The van der Waals surface area contributed by atoms with E-state index < -0.39 is 5.82 Å². The third kappa shape index (κ3) is 5.82. The first-order valence-electron chi connectivity index (χ1n) is 14.8. The highest BCUT2D eigenvalue weighted by atomic mass is 19.1. The summed E-state index contributed by atoms with van der Waals surface area (Å²) in [7, 11) is 0. The van der Waals surface area contributed by atoms with Crippen molar-refractivity contribution in [2.45, 2.75) is 45.4 Å². The molecule has 0 spiro atoms. The van der Waals surface area contributed by atoms with Gasteiger partial charge < -0.3 is 21.2 Å². The second-order valence-electron chi connectivity index (χ2n) is 11.4. The third-order valence-electron chi connectivity index (χ3n) is 8.55. The summed E-state index contributed by atoms with van der Waals surface area (Å²) in [4.78, 5) is 19.9. The molecule has 6 rings (SSSR count). The van der Waals surface area contributed by atoms with E-state index in [4.69, 9.17) is 16.0 Å². The van der Waals surface area contributed by atoms with E-state index in [1.165, 1.54) is 22.8 Å². The van der Waals surface area contributed by atoms with Gasteiger partial charge in [0.05, 0.1) is 5.69 Å². The molecule has 10 heteroatoms. The Morgan fingerprint density at radius 1 is 1.19 bits per heavy atom. The number of aromatic nitrogens is 3. The van der Waals surface area contributed by atoms with Gasteiger partial charge in [-0.1, -0.05) is 35.5 Å². The van der Waals surface area contributed by atoms with Crippen molar-refractivity contribution in [1.82, 2.24) is 19.9 Å². The monoisotopic (exact) mass is 581 g/mol. The molecule has 1 saturated carbocycles. The molecule has 9 nitrogen and oxygen atoms in total. The quantitative estimate of drug-likeness (QED) is 0.106. The van der Waals surface area contributed by atoms with Crippen LogP contribution in [-0.2, 0) is 6.42 Å². The van der Waals surface area contributed by atoms with Gasteiger partial charge in [-0.15, -0.1) is 0 Å². The predicted molar refractivity (Wildman–Crippen MR) is 166 cm³/mol. The molecule has 4 aromatic rings. The lowest BCUT2D eigenvalue weighted by atomic mass is 9.98. The fourth-order valence-electron chi connectivity index (χ4n) is 5.82. The maximum absolute atomic E-state index is 15.4. The fourth-order valence-corrected chi connectivity index (χ4v) is 5.82. The Morgan fingerprint density at radius 2 is 2.00 bits per heavy atom. The number of carbonyl (C=O) groups excluding carboxylic acids is 1. The fraction of sp³-hybridized carbons (Fsp3) is 0.333. The van der Waals surface area contributed by atoms with Crippen LogP contribution >= 0.6 is 0 Å². The number of halogens is 1.